The molecule has 3 heterocycles. The number of fused-ring (bicyclic) bond motifs is 2. The lowest BCUT2D eigenvalue weighted by Crippen LogP contribution is -2.26. The van der Waals surface area contributed by atoms with Gasteiger partial charge in [-0.1, -0.05) is 0 Å². The summed E-state index contributed by atoms with van der Waals surface area (Å²) in [5.74, 6) is 3.21. The molecule has 1 aromatic carbocycles. The summed E-state index contributed by atoms with van der Waals surface area (Å²) in [4.78, 5) is 11.2. The molecule has 1 saturated heterocycles. The smallest absolute Gasteiger partial charge is 0.416 e. The van der Waals surface area contributed by atoms with Gasteiger partial charge in [0.1, 0.15) is 17.1 Å². The fraction of sp³-hybridized carbons (Fsp3) is 0.429. The van der Waals surface area contributed by atoms with Gasteiger partial charge in [-0.15, -0.1) is 0 Å². The molecule has 8 heteroatoms. The molecule has 0 amide bonds. The normalized spacial score (nSPS) is 24.1. The minimum absolute atomic E-state index is 0.484. The molecular weight excluding hydrogens is 381 g/mol. The molecule has 2 fully saturated rings. The molecule has 3 aromatic rings. The van der Waals surface area contributed by atoms with Crippen molar-refractivity contribution < 1.29 is 17.9 Å². The number of aryl methyl sites for hydroxylation is 1. The second-order valence-electron chi connectivity index (χ2n) is 7.97. The topological polar surface area (TPSA) is 43.2 Å². The second kappa shape index (κ2) is 6.73. The Hall–Kier alpha value is -2.61. The van der Waals surface area contributed by atoms with E-state index in [-0.39, 0.29) is 0 Å². The molecule has 0 spiro atoms. The van der Waals surface area contributed by atoms with Gasteiger partial charge in [0.15, 0.2) is 0 Å². The summed E-state index contributed by atoms with van der Waals surface area (Å²) in [5.41, 5.74) is 1.35. The first-order chi connectivity index (χ1) is 13.9. The van der Waals surface area contributed by atoms with Gasteiger partial charge in [-0.2, -0.15) is 13.2 Å². The number of rotatable bonds is 5. The molecule has 1 unspecified atom stereocenters. The molecule has 1 aliphatic carbocycles. The Morgan fingerprint density at radius 1 is 1.10 bits per heavy atom. The van der Waals surface area contributed by atoms with Crippen molar-refractivity contribution in [3.8, 4) is 5.75 Å². The van der Waals surface area contributed by atoms with Crippen molar-refractivity contribution in [3.63, 3.8) is 0 Å². The minimum atomic E-state index is -4.31. The summed E-state index contributed by atoms with van der Waals surface area (Å²) in [6, 6.07) is 6.90. The van der Waals surface area contributed by atoms with E-state index in [9.17, 15) is 13.2 Å². The van der Waals surface area contributed by atoms with Gasteiger partial charge < -0.3 is 9.30 Å². The second-order valence-corrected chi connectivity index (χ2v) is 7.97. The van der Waals surface area contributed by atoms with E-state index in [4.69, 9.17) is 4.74 Å². The first-order valence-corrected chi connectivity index (χ1v) is 9.68. The van der Waals surface area contributed by atoms with Crippen LogP contribution in [0.1, 0.15) is 11.4 Å². The summed E-state index contributed by atoms with van der Waals surface area (Å²) in [6.45, 7) is 3.39. The Morgan fingerprint density at radius 3 is 2.48 bits per heavy atom. The molecule has 0 radical (unpaired) electrons. The average Bonchev–Trinajstić information content (AvgIpc) is 3.01. The van der Waals surface area contributed by atoms with Crippen molar-refractivity contribution >= 4 is 11.0 Å². The van der Waals surface area contributed by atoms with Gasteiger partial charge in [0.05, 0.1) is 30.4 Å². The van der Waals surface area contributed by atoms with Crippen LogP contribution < -0.4 is 4.74 Å². The van der Waals surface area contributed by atoms with Gasteiger partial charge in [-0.3, -0.25) is 9.88 Å². The number of aromatic nitrogens is 3. The average molecular weight is 402 g/mol. The number of likely N-dealkylation sites (tertiary alicyclic amines) is 1. The molecule has 5 rings (SSSR count). The van der Waals surface area contributed by atoms with Crippen LogP contribution in [-0.4, -0.2) is 39.1 Å². The Morgan fingerprint density at radius 2 is 1.83 bits per heavy atom. The van der Waals surface area contributed by atoms with Crippen molar-refractivity contribution in [1.29, 1.82) is 0 Å². The molecule has 29 heavy (non-hydrogen) atoms. The molecule has 3 atom stereocenters. The van der Waals surface area contributed by atoms with E-state index in [0.29, 0.717) is 30.1 Å². The molecule has 152 valence electrons. The quantitative estimate of drug-likeness (QED) is 0.652. The number of hydrogen-bond acceptors (Lipinski definition) is 4. The Kier molecular flexibility index (Phi) is 4.27. The van der Waals surface area contributed by atoms with Crippen LogP contribution in [0.4, 0.5) is 13.2 Å². The van der Waals surface area contributed by atoms with Gasteiger partial charge >= 0.3 is 6.18 Å². The van der Waals surface area contributed by atoms with Crippen LogP contribution in [0, 0.1) is 17.8 Å². The van der Waals surface area contributed by atoms with E-state index in [1.54, 1.807) is 12.4 Å². The summed E-state index contributed by atoms with van der Waals surface area (Å²) < 4.78 is 45.7. The zero-order valence-corrected chi connectivity index (χ0v) is 15.9. The van der Waals surface area contributed by atoms with Crippen LogP contribution in [0.15, 0.2) is 42.7 Å². The number of imidazole rings is 1. The fourth-order valence-corrected chi connectivity index (χ4v) is 4.49. The molecular formula is C21H21F3N4O. The lowest BCUT2D eigenvalue weighted by molar-refractivity contribution is -0.137. The van der Waals surface area contributed by atoms with E-state index in [1.165, 1.54) is 12.1 Å². The highest BCUT2D eigenvalue weighted by molar-refractivity contribution is 5.74. The van der Waals surface area contributed by atoms with Crippen molar-refractivity contribution in [3.05, 3.63) is 54.1 Å². The van der Waals surface area contributed by atoms with Crippen LogP contribution in [0.5, 0.6) is 5.75 Å². The number of benzene rings is 1. The maximum absolute atomic E-state index is 12.6. The highest BCUT2D eigenvalue weighted by Crippen LogP contribution is 2.52. The third-order valence-electron chi connectivity index (χ3n) is 6.21. The Labute approximate surface area is 166 Å². The standard InChI is InChI=1S/C21H21F3N4O/c1-27-19-6-7-25-8-18(19)26-20(27)11-28-9-15-16(10-28)17(15)12-29-14-4-2-13(3-5-14)21(22,23)24/h2-8,15-17H,9-12H2,1H3/t15-,16+,17?. The zero-order chi connectivity index (χ0) is 20.2. The number of nitrogens with zero attached hydrogens (tertiary/aromatic N) is 4. The highest BCUT2D eigenvalue weighted by Gasteiger charge is 2.55. The minimum Gasteiger partial charge on any atom is -0.493 e. The number of alkyl halides is 3. The van der Waals surface area contributed by atoms with E-state index >= 15 is 0 Å². The highest BCUT2D eigenvalue weighted by atomic mass is 19.4. The fourth-order valence-electron chi connectivity index (χ4n) is 4.49. The summed E-state index contributed by atoms with van der Waals surface area (Å²) in [7, 11) is 2.03. The number of pyridine rings is 1. The maximum Gasteiger partial charge on any atom is 0.416 e. The zero-order valence-electron chi connectivity index (χ0n) is 15.9. The summed E-state index contributed by atoms with van der Waals surface area (Å²) >= 11 is 0. The third-order valence-corrected chi connectivity index (χ3v) is 6.21. The van der Waals surface area contributed by atoms with Crippen molar-refractivity contribution in [2.75, 3.05) is 19.7 Å². The number of halogens is 3. The lowest BCUT2D eigenvalue weighted by Gasteiger charge is -2.19. The van der Waals surface area contributed by atoms with Crippen LogP contribution >= 0.6 is 0 Å². The molecule has 5 nitrogen and oxygen atoms in total. The van der Waals surface area contributed by atoms with Crippen LogP contribution in [-0.2, 0) is 19.8 Å². The van der Waals surface area contributed by atoms with E-state index in [1.807, 2.05) is 13.1 Å². The third kappa shape index (κ3) is 3.46. The summed E-state index contributed by atoms with van der Waals surface area (Å²) in [5, 5.41) is 0. The largest absolute Gasteiger partial charge is 0.493 e. The van der Waals surface area contributed by atoms with Crippen LogP contribution in [0.2, 0.25) is 0 Å². The number of piperidine rings is 1. The first kappa shape index (κ1) is 18.4. The van der Waals surface area contributed by atoms with Gasteiger partial charge in [0, 0.05) is 32.3 Å². The van der Waals surface area contributed by atoms with Crippen molar-refractivity contribution in [2.24, 2.45) is 24.8 Å². The van der Waals surface area contributed by atoms with Gasteiger partial charge in [0.2, 0.25) is 0 Å². The Bertz CT molecular complexity index is 1020. The lowest BCUT2D eigenvalue weighted by atomic mass is 10.2. The molecule has 0 N–H and O–H groups in total. The van der Waals surface area contributed by atoms with E-state index in [2.05, 4.69) is 19.4 Å². The first-order valence-electron chi connectivity index (χ1n) is 9.68. The SMILES string of the molecule is Cn1c(CN2C[C@@H]3C(COc4ccc(C(F)(F)F)cc4)[C@@H]3C2)nc2cnccc21. The van der Waals surface area contributed by atoms with Crippen molar-refractivity contribution in [2.45, 2.75) is 12.7 Å². The summed E-state index contributed by atoms with van der Waals surface area (Å²) in [6.07, 6.45) is -0.750. The number of hydrogen-bond donors (Lipinski definition) is 0. The molecule has 1 aliphatic heterocycles. The van der Waals surface area contributed by atoms with Gasteiger partial charge in [-0.25, -0.2) is 4.98 Å². The monoisotopic (exact) mass is 402 g/mol. The maximum atomic E-state index is 12.6. The Balaban J connectivity index is 1.13. The molecule has 2 aromatic heterocycles. The van der Waals surface area contributed by atoms with Crippen molar-refractivity contribution in [1.82, 2.24) is 19.4 Å². The number of ether oxygens (including phenoxy) is 1. The van der Waals surface area contributed by atoms with Gasteiger partial charge in [0.25, 0.3) is 0 Å². The van der Waals surface area contributed by atoms with E-state index in [0.717, 1.165) is 48.6 Å². The van der Waals surface area contributed by atoms with E-state index < -0.39 is 11.7 Å². The predicted octanol–water partition coefficient (Wildman–Crippen LogP) is 3.74. The van der Waals surface area contributed by atoms with Crippen LogP contribution in [0.25, 0.3) is 11.0 Å². The molecule has 0 bridgehead atoms. The molecule has 2 aliphatic rings. The van der Waals surface area contributed by atoms with Crippen LogP contribution in [0.3, 0.4) is 0 Å². The predicted molar refractivity (Wildman–Crippen MR) is 101 cm³/mol. The molecule has 1 saturated carbocycles. The van der Waals surface area contributed by atoms with Gasteiger partial charge in [-0.05, 0) is 42.2 Å².